The SMILES string of the molecule is Cc1[nH]nc([N+](=O)[O-])c1Br. The first-order valence-electron chi connectivity index (χ1n) is 2.47. The van der Waals surface area contributed by atoms with Gasteiger partial charge < -0.3 is 10.1 Å². The highest BCUT2D eigenvalue weighted by Gasteiger charge is 2.17. The molecule has 0 unspecified atom stereocenters. The van der Waals surface area contributed by atoms with Crippen LogP contribution in [-0.4, -0.2) is 15.1 Å². The molecule has 0 aromatic carbocycles. The van der Waals surface area contributed by atoms with E-state index >= 15 is 0 Å². The van der Waals surface area contributed by atoms with E-state index in [2.05, 4.69) is 26.1 Å². The highest BCUT2D eigenvalue weighted by atomic mass is 79.9. The van der Waals surface area contributed by atoms with Crippen molar-refractivity contribution >= 4 is 21.7 Å². The summed E-state index contributed by atoms with van der Waals surface area (Å²) < 4.78 is 0.414. The fourth-order valence-electron chi connectivity index (χ4n) is 0.524. The van der Waals surface area contributed by atoms with Crippen LogP contribution in [0, 0.1) is 17.0 Å². The Morgan fingerprint density at radius 3 is 2.60 bits per heavy atom. The molecule has 0 amide bonds. The molecule has 6 heteroatoms. The number of nitro groups is 1. The van der Waals surface area contributed by atoms with Crippen molar-refractivity contribution in [1.29, 1.82) is 0 Å². The number of aromatic amines is 1. The number of rotatable bonds is 1. The summed E-state index contributed by atoms with van der Waals surface area (Å²) in [6.07, 6.45) is 0. The third-order valence-electron chi connectivity index (χ3n) is 1.03. The number of hydrogen-bond acceptors (Lipinski definition) is 3. The number of H-pyrrole nitrogens is 1. The van der Waals surface area contributed by atoms with Crippen LogP contribution in [0.5, 0.6) is 0 Å². The van der Waals surface area contributed by atoms with Crippen LogP contribution in [0.1, 0.15) is 5.69 Å². The summed E-state index contributed by atoms with van der Waals surface area (Å²) in [7, 11) is 0. The molecule has 10 heavy (non-hydrogen) atoms. The maximum absolute atomic E-state index is 10.1. The lowest BCUT2D eigenvalue weighted by atomic mass is 10.5. The average molecular weight is 206 g/mol. The molecule has 54 valence electrons. The maximum atomic E-state index is 10.1. The first-order chi connectivity index (χ1) is 4.63. The van der Waals surface area contributed by atoms with E-state index in [1.807, 2.05) is 0 Å². The quantitative estimate of drug-likeness (QED) is 0.557. The molecular formula is C4H4BrN3O2. The van der Waals surface area contributed by atoms with E-state index < -0.39 is 4.92 Å². The topological polar surface area (TPSA) is 71.8 Å². The van der Waals surface area contributed by atoms with Crippen LogP contribution in [-0.2, 0) is 0 Å². The minimum Gasteiger partial charge on any atom is -0.358 e. The van der Waals surface area contributed by atoms with Crippen LogP contribution in [0.15, 0.2) is 4.47 Å². The van der Waals surface area contributed by atoms with E-state index in [1.54, 1.807) is 6.92 Å². The van der Waals surface area contributed by atoms with E-state index in [0.717, 1.165) is 0 Å². The Morgan fingerprint density at radius 1 is 1.80 bits per heavy atom. The van der Waals surface area contributed by atoms with Gasteiger partial charge in [-0.15, -0.1) is 0 Å². The van der Waals surface area contributed by atoms with Crippen molar-refractivity contribution in [3.63, 3.8) is 0 Å². The van der Waals surface area contributed by atoms with Crippen molar-refractivity contribution in [3.8, 4) is 0 Å². The number of nitrogens with zero attached hydrogens (tertiary/aromatic N) is 2. The summed E-state index contributed by atoms with van der Waals surface area (Å²) in [5.74, 6) is -0.169. The van der Waals surface area contributed by atoms with Crippen LogP contribution >= 0.6 is 15.9 Å². The van der Waals surface area contributed by atoms with Gasteiger partial charge in [0.05, 0.1) is 10.8 Å². The van der Waals surface area contributed by atoms with Crippen LogP contribution in [0.2, 0.25) is 0 Å². The van der Waals surface area contributed by atoms with Gasteiger partial charge in [0, 0.05) is 0 Å². The highest BCUT2D eigenvalue weighted by Crippen LogP contribution is 2.23. The first-order valence-corrected chi connectivity index (χ1v) is 3.27. The third-order valence-corrected chi connectivity index (χ3v) is 1.98. The number of nitrogens with one attached hydrogen (secondary N) is 1. The first kappa shape index (κ1) is 7.20. The smallest absolute Gasteiger partial charge is 0.358 e. The average Bonchev–Trinajstić information content (AvgIpc) is 2.14. The maximum Gasteiger partial charge on any atom is 0.404 e. The summed E-state index contributed by atoms with van der Waals surface area (Å²) >= 11 is 3.02. The summed E-state index contributed by atoms with van der Waals surface area (Å²) in [6, 6.07) is 0. The minimum atomic E-state index is -0.548. The summed E-state index contributed by atoms with van der Waals surface area (Å²) in [5, 5.41) is 16.1. The standard InChI is InChI=1S/C4H4BrN3O2/c1-2-3(5)4(7-6-2)8(9)10/h1H3,(H,6,7). The Labute approximate surface area is 64.7 Å². The molecule has 0 radical (unpaired) electrons. The lowest BCUT2D eigenvalue weighted by molar-refractivity contribution is -0.390. The summed E-state index contributed by atoms with van der Waals surface area (Å²) in [5.41, 5.74) is 0.659. The molecule has 0 bridgehead atoms. The molecule has 5 nitrogen and oxygen atoms in total. The molecule has 0 saturated carbocycles. The molecule has 0 aliphatic rings. The Hall–Kier alpha value is -0.910. The third kappa shape index (κ3) is 1.02. The monoisotopic (exact) mass is 205 g/mol. The molecular weight excluding hydrogens is 202 g/mol. The van der Waals surface area contributed by atoms with Crippen molar-refractivity contribution in [3.05, 3.63) is 20.3 Å². The van der Waals surface area contributed by atoms with Gasteiger partial charge in [-0.1, -0.05) is 0 Å². The molecule has 0 saturated heterocycles. The van der Waals surface area contributed by atoms with Crippen molar-refractivity contribution in [2.24, 2.45) is 0 Å². The van der Waals surface area contributed by atoms with Gasteiger partial charge in [-0.25, -0.2) is 0 Å². The van der Waals surface area contributed by atoms with Crippen LogP contribution in [0.3, 0.4) is 0 Å². The van der Waals surface area contributed by atoms with Crippen molar-refractivity contribution in [2.45, 2.75) is 6.92 Å². The zero-order chi connectivity index (χ0) is 7.72. The second-order valence-electron chi connectivity index (χ2n) is 1.74. The Bertz CT molecular complexity index is 269. The number of aryl methyl sites for hydroxylation is 1. The summed E-state index contributed by atoms with van der Waals surface area (Å²) in [4.78, 5) is 9.58. The number of halogens is 1. The number of aromatic nitrogens is 2. The van der Waals surface area contributed by atoms with Crippen LogP contribution in [0.25, 0.3) is 0 Å². The predicted octanol–water partition coefficient (Wildman–Crippen LogP) is 1.39. The van der Waals surface area contributed by atoms with Crippen LogP contribution < -0.4 is 0 Å². The molecule has 0 spiro atoms. The van der Waals surface area contributed by atoms with E-state index in [4.69, 9.17) is 0 Å². The number of hydrogen-bond donors (Lipinski definition) is 1. The Morgan fingerprint density at radius 2 is 2.40 bits per heavy atom. The molecule has 0 aliphatic carbocycles. The van der Waals surface area contributed by atoms with Gasteiger partial charge in [0.2, 0.25) is 0 Å². The van der Waals surface area contributed by atoms with E-state index in [1.165, 1.54) is 0 Å². The van der Waals surface area contributed by atoms with E-state index in [0.29, 0.717) is 10.2 Å². The van der Waals surface area contributed by atoms with Gasteiger partial charge >= 0.3 is 5.82 Å². The Balaban J connectivity index is 3.17. The molecule has 1 aromatic heterocycles. The lowest BCUT2D eigenvalue weighted by Crippen LogP contribution is -1.87. The molecule has 1 N–H and O–H groups in total. The fraction of sp³-hybridized carbons (Fsp3) is 0.250. The zero-order valence-corrected chi connectivity index (χ0v) is 6.67. The zero-order valence-electron chi connectivity index (χ0n) is 5.09. The van der Waals surface area contributed by atoms with Crippen molar-refractivity contribution in [1.82, 2.24) is 10.2 Å². The van der Waals surface area contributed by atoms with Gasteiger partial charge in [0.15, 0.2) is 0 Å². The van der Waals surface area contributed by atoms with Crippen LogP contribution in [0.4, 0.5) is 5.82 Å². The van der Waals surface area contributed by atoms with Crippen molar-refractivity contribution < 1.29 is 4.92 Å². The van der Waals surface area contributed by atoms with E-state index in [-0.39, 0.29) is 5.82 Å². The Kier molecular flexibility index (Phi) is 1.71. The second kappa shape index (κ2) is 2.37. The van der Waals surface area contributed by atoms with Gasteiger partial charge in [-0.2, -0.15) is 5.10 Å². The van der Waals surface area contributed by atoms with Gasteiger partial charge in [-0.05, 0) is 27.8 Å². The van der Waals surface area contributed by atoms with Gasteiger partial charge in [0.25, 0.3) is 0 Å². The normalized spacial score (nSPS) is 9.80. The summed E-state index contributed by atoms with van der Waals surface area (Å²) in [6.45, 7) is 1.70. The minimum absolute atomic E-state index is 0.169. The molecule has 0 fully saturated rings. The van der Waals surface area contributed by atoms with Crippen molar-refractivity contribution in [2.75, 3.05) is 0 Å². The second-order valence-corrected chi connectivity index (χ2v) is 2.54. The molecule has 0 atom stereocenters. The molecule has 1 rings (SSSR count). The van der Waals surface area contributed by atoms with E-state index in [9.17, 15) is 10.1 Å². The van der Waals surface area contributed by atoms with Gasteiger partial charge in [-0.3, -0.25) is 0 Å². The molecule has 0 aliphatic heterocycles. The predicted molar refractivity (Wildman–Crippen MR) is 37.7 cm³/mol. The largest absolute Gasteiger partial charge is 0.404 e. The van der Waals surface area contributed by atoms with Gasteiger partial charge in [0.1, 0.15) is 4.47 Å². The highest BCUT2D eigenvalue weighted by molar-refractivity contribution is 9.10. The lowest BCUT2D eigenvalue weighted by Gasteiger charge is -1.85. The molecule has 1 aromatic rings. The fourth-order valence-corrected chi connectivity index (χ4v) is 0.846. The molecule has 1 heterocycles.